The first-order valence-electron chi connectivity index (χ1n) is 7.94. The second-order valence-electron chi connectivity index (χ2n) is 5.66. The van der Waals surface area contributed by atoms with E-state index in [0.717, 1.165) is 31.0 Å². The molecule has 0 aliphatic carbocycles. The molecule has 128 valence electrons. The van der Waals surface area contributed by atoms with Gasteiger partial charge >= 0.3 is 0 Å². The number of rotatable bonds is 4. The number of benzene rings is 1. The molecule has 1 fully saturated rings. The molecule has 0 bridgehead atoms. The van der Waals surface area contributed by atoms with Gasteiger partial charge in [-0.2, -0.15) is 0 Å². The summed E-state index contributed by atoms with van der Waals surface area (Å²) in [6, 6.07) is 11.5. The first kappa shape index (κ1) is 17.1. The van der Waals surface area contributed by atoms with Crippen LogP contribution in [0, 0.1) is 0 Å². The largest absolute Gasteiger partial charge is 0.335 e. The minimum Gasteiger partial charge on any atom is -0.335 e. The Balaban J connectivity index is 1.77. The topological polar surface area (TPSA) is 57.7 Å². The first-order chi connectivity index (χ1) is 11.5. The summed E-state index contributed by atoms with van der Waals surface area (Å²) in [5, 5.41) is 0. The van der Waals surface area contributed by atoms with Crippen molar-refractivity contribution in [2.24, 2.45) is 0 Å². The zero-order valence-electron chi connectivity index (χ0n) is 13.5. The highest BCUT2D eigenvalue weighted by atomic mass is 32.2. The summed E-state index contributed by atoms with van der Waals surface area (Å²) < 4.78 is 25.4. The van der Waals surface area contributed by atoms with E-state index in [4.69, 9.17) is 0 Å². The number of carbonyl (C=O) groups is 1. The van der Waals surface area contributed by atoms with Crippen LogP contribution in [-0.2, 0) is 9.84 Å². The lowest BCUT2D eigenvalue weighted by molar-refractivity contribution is 0.0648. The number of hydrogen-bond acceptors (Lipinski definition) is 5. The summed E-state index contributed by atoms with van der Waals surface area (Å²) in [5.41, 5.74) is 0. The average molecular weight is 364 g/mol. The molecule has 0 N–H and O–H groups in total. The number of nitrogens with zero attached hydrogens (tertiary/aromatic N) is 2. The molecule has 0 radical (unpaired) electrons. The third-order valence-corrected chi connectivity index (χ3v) is 7.55. The van der Waals surface area contributed by atoms with Crippen molar-refractivity contribution in [3.8, 4) is 0 Å². The first-order valence-corrected chi connectivity index (χ1v) is 10.2. The molecule has 2 aromatic rings. The van der Waals surface area contributed by atoms with Crippen LogP contribution in [0.15, 0.2) is 51.6 Å². The van der Waals surface area contributed by atoms with E-state index >= 15 is 0 Å². The van der Waals surface area contributed by atoms with Crippen molar-refractivity contribution in [1.82, 2.24) is 9.80 Å². The number of hydrogen-bond donors (Lipinski definition) is 0. The number of carbonyl (C=O) groups excluding carboxylic acids is 1. The lowest BCUT2D eigenvalue weighted by Crippen LogP contribution is -2.48. The Bertz CT molecular complexity index is 807. The molecule has 0 spiro atoms. The van der Waals surface area contributed by atoms with Gasteiger partial charge in [0.25, 0.3) is 5.91 Å². The summed E-state index contributed by atoms with van der Waals surface area (Å²) in [4.78, 5) is 17.4. The highest BCUT2D eigenvalue weighted by molar-refractivity contribution is 7.93. The van der Waals surface area contributed by atoms with Crippen molar-refractivity contribution in [3.05, 3.63) is 47.3 Å². The molecule has 2 heterocycles. The van der Waals surface area contributed by atoms with Crippen LogP contribution in [0.1, 0.15) is 16.6 Å². The fraction of sp³-hybridized carbons (Fsp3) is 0.353. The van der Waals surface area contributed by atoms with Crippen molar-refractivity contribution in [3.63, 3.8) is 0 Å². The van der Waals surface area contributed by atoms with Crippen molar-refractivity contribution >= 4 is 27.1 Å². The Labute approximate surface area is 146 Å². The molecule has 0 saturated carbocycles. The predicted octanol–water partition coefficient (Wildman–Crippen LogP) is 2.36. The maximum atomic E-state index is 12.6. The maximum Gasteiger partial charge on any atom is 0.264 e. The summed E-state index contributed by atoms with van der Waals surface area (Å²) in [7, 11) is -3.56. The lowest BCUT2D eigenvalue weighted by Gasteiger charge is -2.33. The highest BCUT2D eigenvalue weighted by Crippen LogP contribution is 2.28. The van der Waals surface area contributed by atoms with Gasteiger partial charge < -0.3 is 9.80 Å². The molecular weight excluding hydrogens is 344 g/mol. The van der Waals surface area contributed by atoms with Crippen LogP contribution < -0.4 is 0 Å². The van der Waals surface area contributed by atoms with E-state index < -0.39 is 9.84 Å². The van der Waals surface area contributed by atoms with Crippen molar-refractivity contribution in [1.29, 1.82) is 0 Å². The monoisotopic (exact) mass is 364 g/mol. The SMILES string of the molecule is CCN1CCN(C(=O)c2ccc(S(=O)(=O)c3ccccc3)s2)CC1. The van der Waals surface area contributed by atoms with Crippen LogP contribution >= 0.6 is 11.3 Å². The standard InChI is InChI=1S/C17H20N2O3S2/c1-2-18-10-12-19(13-11-18)17(20)15-8-9-16(23-15)24(21,22)14-6-4-3-5-7-14/h3-9H,2,10-13H2,1H3. The molecule has 0 atom stereocenters. The molecular formula is C17H20N2O3S2. The van der Waals surface area contributed by atoms with Gasteiger partial charge in [-0.3, -0.25) is 4.79 Å². The Hall–Kier alpha value is -1.70. The molecule has 1 aliphatic rings. The van der Waals surface area contributed by atoms with Crippen molar-refractivity contribution < 1.29 is 13.2 Å². The average Bonchev–Trinajstić information content (AvgIpc) is 3.13. The summed E-state index contributed by atoms with van der Waals surface area (Å²) >= 11 is 1.05. The molecule has 1 saturated heterocycles. The third kappa shape index (κ3) is 3.38. The minimum atomic E-state index is -3.56. The zero-order chi connectivity index (χ0) is 17.2. The molecule has 5 nitrogen and oxygen atoms in total. The summed E-state index contributed by atoms with van der Waals surface area (Å²) in [6.45, 7) is 6.19. The third-order valence-electron chi connectivity index (χ3n) is 4.22. The number of sulfone groups is 1. The van der Waals surface area contributed by atoms with E-state index in [9.17, 15) is 13.2 Å². The molecule has 1 aromatic carbocycles. The highest BCUT2D eigenvalue weighted by Gasteiger charge is 2.25. The summed E-state index contributed by atoms with van der Waals surface area (Å²) in [6.07, 6.45) is 0. The van der Waals surface area contributed by atoms with Gasteiger partial charge in [-0.25, -0.2) is 8.42 Å². The molecule has 3 rings (SSSR count). The van der Waals surface area contributed by atoms with Gasteiger partial charge in [-0.15, -0.1) is 11.3 Å². The fourth-order valence-electron chi connectivity index (χ4n) is 2.72. The Morgan fingerprint density at radius 3 is 2.33 bits per heavy atom. The molecule has 0 unspecified atom stereocenters. The normalized spacial score (nSPS) is 16.3. The molecule has 1 amide bonds. The van der Waals surface area contributed by atoms with E-state index in [-0.39, 0.29) is 15.0 Å². The summed E-state index contributed by atoms with van der Waals surface area (Å²) in [5.74, 6) is -0.0785. The number of thiophene rings is 1. The lowest BCUT2D eigenvalue weighted by atomic mass is 10.3. The zero-order valence-corrected chi connectivity index (χ0v) is 15.1. The van der Waals surface area contributed by atoms with Gasteiger partial charge in [0.05, 0.1) is 9.77 Å². The second kappa shape index (κ2) is 7.04. The van der Waals surface area contributed by atoms with E-state index in [1.165, 1.54) is 6.07 Å². The number of piperazine rings is 1. The van der Waals surface area contributed by atoms with Gasteiger partial charge in [0, 0.05) is 26.2 Å². The van der Waals surface area contributed by atoms with Gasteiger partial charge in [0.1, 0.15) is 4.21 Å². The van der Waals surface area contributed by atoms with Gasteiger partial charge in [-0.1, -0.05) is 25.1 Å². The van der Waals surface area contributed by atoms with Crippen LogP contribution in [0.5, 0.6) is 0 Å². The smallest absolute Gasteiger partial charge is 0.264 e. The minimum absolute atomic E-state index is 0.0785. The number of amides is 1. The van der Waals surface area contributed by atoms with Crippen LogP contribution in [0.3, 0.4) is 0 Å². The van der Waals surface area contributed by atoms with Gasteiger partial charge in [-0.05, 0) is 30.8 Å². The Morgan fingerprint density at radius 1 is 1.04 bits per heavy atom. The molecule has 7 heteroatoms. The molecule has 24 heavy (non-hydrogen) atoms. The van der Waals surface area contributed by atoms with E-state index in [1.807, 2.05) is 0 Å². The Kier molecular flexibility index (Phi) is 5.03. The van der Waals surface area contributed by atoms with Crippen LogP contribution in [0.4, 0.5) is 0 Å². The quantitative estimate of drug-likeness (QED) is 0.836. The van der Waals surface area contributed by atoms with E-state index in [1.54, 1.807) is 41.3 Å². The predicted molar refractivity (Wildman–Crippen MR) is 94.2 cm³/mol. The van der Waals surface area contributed by atoms with E-state index in [2.05, 4.69) is 11.8 Å². The molecule has 1 aromatic heterocycles. The number of likely N-dealkylation sites (N-methyl/N-ethyl adjacent to an activating group) is 1. The molecule has 1 aliphatic heterocycles. The van der Waals surface area contributed by atoms with Crippen LogP contribution in [-0.4, -0.2) is 56.8 Å². The van der Waals surface area contributed by atoms with Gasteiger partial charge in [0.2, 0.25) is 9.84 Å². The van der Waals surface area contributed by atoms with Crippen molar-refractivity contribution in [2.45, 2.75) is 16.0 Å². The fourth-order valence-corrected chi connectivity index (χ4v) is 5.42. The maximum absolute atomic E-state index is 12.6. The van der Waals surface area contributed by atoms with Crippen molar-refractivity contribution in [2.75, 3.05) is 32.7 Å². The second-order valence-corrected chi connectivity index (χ2v) is 8.92. The van der Waals surface area contributed by atoms with Crippen LogP contribution in [0.2, 0.25) is 0 Å². The van der Waals surface area contributed by atoms with E-state index in [0.29, 0.717) is 18.0 Å². The van der Waals surface area contributed by atoms with Crippen LogP contribution in [0.25, 0.3) is 0 Å². The Morgan fingerprint density at radius 2 is 1.71 bits per heavy atom. The van der Waals surface area contributed by atoms with Gasteiger partial charge in [0.15, 0.2) is 0 Å².